The predicted octanol–water partition coefficient (Wildman–Crippen LogP) is 3.27. The lowest BCUT2D eigenvalue weighted by Crippen LogP contribution is -2.35. The van der Waals surface area contributed by atoms with Gasteiger partial charge in [-0.3, -0.25) is 4.79 Å². The lowest BCUT2D eigenvalue weighted by atomic mass is 10.0. The second-order valence-electron chi connectivity index (χ2n) is 5.30. The highest BCUT2D eigenvalue weighted by molar-refractivity contribution is 5.86. The van der Waals surface area contributed by atoms with E-state index in [4.69, 9.17) is 0 Å². The van der Waals surface area contributed by atoms with Gasteiger partial charge in [0, 0.05) is 6.54 Å². The van der Waals surface area contributed by atoms with Crippen molar-refractivity contribution >= 4 is 5.91 Å². The first-order chi connectivity index (χ1) is 9.24. The fourth-order valence-electron chi connectivity index (χ4n) is 2.47. The Bertz CT molecular complexity index is 490. The average molecular weight is 258 g/mol. The Morgan fingerprint density at radius 1 is 1.21 bits per heavy atom. The van der Waals surface area contributed by atoms with Gasteiger partial charge in [0.2, 0.25) is 5.91 Å². The number of carbonyl (C=O) groups is 1. The first kappa shape index (κ1) is 12.4. The molecule has 0 aromatic heterocycles. The zero-order valence-corrected chi connectivity index (χ0v) is 10.8. The van der Waals surface area contributed by atoms with Crippen LogP contribution in [0.1, 0.15) is 30.9 Å². The van der Waals surface area contributed by atoms with Crippen LogP contribution in [0, 0.1) is 18.2 Å². The number of allylic oxidation sites excluding steroid dienone is 1. The van der Waals surface area contributed by atoms with E-state index in [1.165, 1.54) is 25.0 Å². The molecule has 1 radical (unpaired) electrons. The summed E-state index contributed by atoms with van der Waals surface area (Å²) in [5.74, 6) is 0.492. The molecule has 2 nitrogen and oxygen atoms in total. The van der Waals surface area contributed by atoms with Crippen LogP contribution in [-0.4, -0.2) is 17.4 Å². The first-order valence-electron chi connectivity index (χ1n) is 6.80. The number of rotatable bonds is 3. The largest absolute Gasteiger partial charge is 0.332 e. The Balaban J connectivity index is 1.88. The quantitative estimate of drug-likeness (QED) is 0.762. The highest BCUT2D eigenvalue weighted by atomic mass is 19.1. The van der Waals surface area contributed by atoms with Gasteiger partial charge in [-0.2, -0.15) is 0 Å². The van der Waals surface area contributed by atoms with Crippen LogP contribution >= 0.6 is 0 Å². The summed E-state index contributed by atoms with van der Waals surface area (Å²) < 4.78 is 13.0. The summed E-state index contributed by atoms with van der Waals surface area (Å²) in [5.41, 5.74) is 0.974. The van der Waals surface area contributed by atoms with Crippen LogP contribution in [-0.2, 0) is 4.79 Å². The predicted molar refractivity (Wildman–Crippen MR) is 71.6 cm³/mol. The van der Waals surface area contributed by atoms with Gasteiger partial charge in [0.25, 0.3) is 0 Å². The number of halogens is 1. The molecule has 1 aliphatic heterocycles. The van der Waals surface area contributed by atoms with E-state index >= 15 is 0 Å². The van der Waals surface area contributed by atoms with Crippen LogP contribution in [0.3, 0.4) is 0 Å². The maximum atomic E-state index is 13.0. The molecule has 0 unspecified atom stereocenters. The molecule has 1 atom stereocenters. The SMILES string of the molecule is O=C1[CH]CC=C[C@@H](c2ccc(F)cc2)N1CC1CC1. The fourth-order valence-corrected chi connectivity index (χ4v) is 2.47. The van der Waals surface area contributed by atoms with Crippen molar-refractivity contribution in [1.29, 1.82) is 0 Å². The number of nitrogens with zero attached hydrogens (tertiary/aromatic N) is 1. The summed E-state index contributed by atoms with van der Waals surface area (Å²) in [5, 5.41) is 0. The molecule has 1 saturated carbocycles. The van der Waals surface area contributed by atoms with E-state index in [1.807, 2.05) is 11.0 Å². The van der Waals surface area contributed by atoms with E-state index in [1.54, 1.807) is 18.6 Å². The molecule has 0 bridgehead atoms. The molecule has 1 heterocycles. The van der Waals surface area contributed by atoms with Gasteiger partial charge >= 0.3 is 0 Å². The van der Waals surface area contributed by atoms with Crippen molar-refractivity contribution < 1.29 is 9.18 Å². The van der Waals surface area contributed by atoms with Gasteiger partial charge in [0.1, 0.15) is 5.82 Å². The van der Waals surface area contributed by atoms with E-state index in [9.17, 15) is 9.18 Å². The molecule has 1 aromatic carbocycles. The molecule has 1 aliphatic carbocycles. The van der Waals surface area contributed by atoms with Gasteiger partial charge in [-0.1, -0.05) is 24.3 Å². The maximum absolute atomic E-state index is 13.0. The van der Waals surface area contributed by atoms with Crippen molar-refractivity contribution in [2.24, 2.45) is 5.92 Å². The van der Waals surface area contributed by atoms with Crippen molar-refractivity contribution in [3.05, 3.63) is 54.2 Å². The summed E-state index contributed by atoms with van der Waals surface area (Å²) in [7, 11) is 0. The minimum absolute atomic E-state index is 0.0625. The van der Waals surface area contributed by atoms with Crippen LogP contribution in [0.5, 0.6) is 0 Å². The topological polar surface area (TPSA) is 20.3 Å². The molecule has 1 fully saturated rings. The maximum Gasteiger partial charge on any atom is 0.227 e. The molecule has 1 amide bonds. The Morgan fingerprint density at radius 3 is 2.63 bits per heavy atom. The Labute approximate surface area is 112 Å². The third kappa shape index (κ3) is 2.86. The second kappa shape index (κ2) is 5.16. The van der Waals surface area contributed by atoms with Crippen LogP contribution < -0.4 is 0 Å². The molecule has 0 N–H and O–H groups in total. The number of amides is 1. The molecular weight excluding hydrogens is 241 g/mol. The Morgan fingerprint density at radius 2 is 1.95 bits per heavy atom. The molecule has 0 saturated heterocycles. The normalized spacial score (nSPS) is 23.5. The molecule has 2 aliphatic rings. The third-order valence-corrected chi connectivity index (χ3v) is 3.73. The van der Waals surface area contributed by atoms with E-state index in [-0.39, 0.29) is 17.8 Å². The van der Waals surface area contributed by atoms with E-state index in [2.05, 4.69) is 6.08 Å². The van der Waals surface area contributed by atoms with E-state index in [0.29, 0.717) is 12.3 Å². The van der Waals surface area contributed by atoms with Gasteiger partial charge in [0.15, 0.2) is 0 Å². The van der Waals surface area contributed by atoms with Crippen LogP contribution in [0.25, 0.3) is 0 Å². The molecule has 19 heavy (non-hydrogen) atoms. The van der Waals surface area contributed by atoms with Gasteiger partial charge in [-0.15, -0.1) is 0 Å². The molecule has 3 rings (SSSR count). The average Bonchev–Trinajstić information content (AvgIpc) is 3.22. The fraction of sp³-hybridized carbons (Fsp3) is 0.375. The zero-order chi connectivity index (χ0) is 13.2. The Kier molecular flexibility index (Phi) is 3.36. The second-order valence-corrected chi connectivity index (χ2v) is 5.30. The monoisotopic (exact) mass is 258 g/mol. The lowest BCUT2D eigenvalue weighted by molar-refractivity contribution is -0.129. The third-order valence-electron chi connectivity index (χ3n) is 3.73. The minimum Gasteiger partial charge on any atom is -0.332 e. The summed E-state index contributed by atoms with van der Waals surface area (Å²) in [6, 6.07) is 6.38. The summed E-state index contributed by atoms with van der Waals surface area (Å²) in [4.78, 5) is 14.1. The van der Waals surface area contributed by atoms with Crippen molar-refractivity contribution in [3.8, 4) is 0 Å². The highest BCUT2D eigenvalue weighted by Crippen LogP contribution is 2.34. The summed E-state index contributed by atoms with van der Waals surface area (Å²) in [6.45, 7) is 0.807. The molecule has 3 heteroatoms. The Hall–Kier alpha value is -1.64. The minimum atomic E-state index is -0.243. The summed E-state index contributed by atoms with van der Waals surface area (Å²) >= 11 is 0. The van der Waals surface area contributed by atoms with Crippen LogP contribution in [0.15, 0.2) is 36.4 Å². The van der Waals surface area contributed by atoms with Gasteiger partial charge in [0.05, 0.1) is 12.5 Å². The lowest BCUT2D eigenvalue weighted by Gasteiger charge is -2.29. The molecule has 1 aromatic rings. The zero-order valence-electron chi connectivity index (χ0n) is 10.8. The van der Waals surface area contributed by atoms with Gasteiger partial charge in [-0.25, -0.2) is 4.39 Å². The molecule has 0 spiro atoms. The number of carbonyl (C=O) groups excluding carboxylic acids is 1. The van der Waals surface area contributed by atoms with Crippen LogP contribution in [0.4, 0.5) is 4.39 Å². The van der Waals surface area contributed by atoms with E-state index in [0.717, 1.165) is 12.1 Å². The van der Waals surface area contributed by atoms with Gasteiger partial charge in [-0.05, 0) is 42.9 Å². The molecular formula is C16H17FNO. The number of hydrogen-bond acceptors (Lipinski definition) is 1. The molecule has 99 valence electrons. The smallest absolute Gasteiger partial charge is 0.227 e. The van der Waals surface area contributed by atoms with Crippen molar-refractivity contribution in [2.45, 2.75) is 25.3 Å². The van der Waals surface area contributed by atoms with Crippen molar-refractivity contribution in [2.75, 3.05) is 6.54 Å². The van der Waals surface area contributed by atoms with Crippen molar-refractivity contribution in [1.82, 2.24) is 4.90 Å². The standard InChI is InChI=1S/C16H17FNO/c17-14-9-7-13(8-10-14)15-3-1-2-4-16(19)18(15)11-12-5-6-12/h1,3-4,7-10,12,15H,2,5-6,11H2/t15-/m0/s1. The highest BCUT2D eigenvalue weighted by Gasteiger charge is 2.31. The van der Waals surface area contributed by atoms with Crippen LogP contribution in [0.2, 0.25) is 0 Å². The first-order valence-corrected chi connectivity index (χ1v) is 6.80. The van der Waals surface area contributed by atoms with Gasteiger partial charge < -0.3 is 4.90 Å². The number of hydrogen-bond donors (Lipinski definition) is 0. The summed E-state index contributed by atoms with van der Waals surface area (Å²) in [6.07, 6.45) is 8.89. The van der Waals surface area contributed by atoms with Crippen molar-refractivity contribution in [3.63, 3.8) is 0 Å². The van der Waals surface area contributed by atoms with E-state index < -0.39 is 0 Å². The number of benzene rings is 1.